The summed E-state index contributed by atoms with van der Waals surface area (Å²) in [6.45, 7) is 0. The number of nitrogens with two attached hydrogens (primary N) is 1. The molecule has 0 bridgehead atoms. The van der Waals surface area contributed by atoms with Gasteiger partial charge in [0.05, 0.1) is 0 Å². The smallest absolute Gasteiger partial charge is 0.150 e. The summed E-state index contributed by atoms with van der Waals surface area (Å²) in [5.41, 5.74) is 5.42. The number of aromatic amines is 1. The molecule has 1 saturated carbocycles. The van der Waals surface area contributed by atoms with Gasteiger partial charge in [-0.25, -0.2) is 0 Å². The molecule has 0 atom stereocenters. The van der Waals surface area contributed by atoms with E-state index in [1.54, 1.807) is 6.07 Å². The Hall–Kier alpha value is -1.19. The zero-order chi connectivity index (χ0) is 6.97. The fraction of sp³-hybridized carbons (Fsp3) is 0.500. The van der Waals surface area contributed by atoms with Gasteiger partial charge in [0.2, 0.25) is 0 Å². The van der Waals surface area contributed by atoms with Crippen LogP contribution in [0.4, 0.5) is 11.6 Å². The highest BCUT2D eigenvalue weighted by molar-refractivity contribution is 5.45. The van der Waals surface area contributed by atoms with Crippen LogP contribution in [0.3, 0.4) is 0 Å². The van der Waals surface area contributed by atoms with Crippen LogP contribution >= 0.6 is 0 Å². The maximum Gasteiger partial charge on any atom is 0.150 e. The monoisotopic (exact) mass is 138 g/mol. The molecule has 1 fully saturated rings. The standard InChI is InChI=1S/C6H10N4/c7-5-3-6(10-9-5)8-4-1-2-4/h3-4H,1-2H2,(H4,7,8,9,10). The van der Waals surface area contributed by atoms with Crippen molar-refractivity contribution in [1.29, 1.82) is 0 Å². The van der Waals surface area contributed by atoms with Crippen molar-refractivity contribution in [2.24, 2.45) is 0 Å². The van der Waals surface area contributed by atoms with E-state index in [0.29, 0.717) is 11.9 Å². The maximum atomic E-state index is 5.42. The average molecular weight is 138 g/mol. The van der Waals surface area contributed by atoms with E-state index >= 15 is 0 Å². The van der Waals surface area contributed by atoms with Crippen molar-refractivity contribution in [3.63, 3.8) is 0 Å². The van der Waals surface area contributed by atoms with E-state index < -0.39 is 0 Å². The first kappa shape index (κ1) is 5.58. The summed E-state index contributed by atoms with van der Waals surface area (Å²) in [6.07, 6.45) is 2.51. The molecular weight excluding hydrogens is 128 g/mol. The third kappa shape index (κ3) is 1.05. The first-order valence-corrected chi connectivity index (χ1v) is 3.42. The summed E-state index contributed by atoms with van der Waals surface area (Å²) in [6, 6.07) is 2.45. The Bertz CT molecular complexity index is 225. The highest BCUT2D eigenvalue weighted by Crippen LogP contribution is 2.23. The summed E-state index contributed by atoms with van der Waals surface area (Å²) >= 11 is 0. The lowest BCUT2D eigenvalue weighted by atomic mass is 10.5. The van der Waals surface area contributed by atoms with Crippen LogP contribution < -0.4 is 11.1 Å². The Labute approximate surface area is 58.8 Å². The van der Waals surface area contributed by atoms with Gasteiger partial charge in [0, 0.05) is 12.1 Å². The Kier molecular flexibility index (Phi) is 1.06. The molecule has 4 heteroatoms. The normalized spacial score (nSPS) is 17.2. The highest BCUT2D eigenvalue weighted by atomic mass is 15.2. The molecule has 4 N–H and O–H groups in total. The lowest BCUT2D eigenvalue weighted by molar-refractivity contribution is 1.05. The van der Waals surface area contributed by atoms with Gasteiger partial charge in [0.15, 0.2) is 0 Å². The molecular formula is C6H10N4. The minimum atomic E-state index is 0.614. The summed E-state index contributed by atoms with van der Waals surface area (Å²) < 4.78 is 0. The van der Waals surface area contributed by atoms with Gasteiger partial charge in [0.25, 0.3) is 0 Å². The number of hydrogen-bond donors (Lipinski definition) is 3. The predicted molar refractivity (Wildman–Crippen MR) is 39.6 cm³/mol. The zero-order valence-corrected chi connectivity index (χ0v) is 5.59. The Balaban J connectivity index is 2.03. The molecule has 1 aliphatic rings. The summed E-state index contributed by atoms with van der Waals surface area (Å²) in [5, 5.41) is 9.82. The second-order valence-electron chi connectivity index (χ2n) is 2.63. The minimum Gasteiger partial charge on any atom is -0.384 e. The lowest BCUT2D eigenvalue weighted by Crippen LogP contribution is -2.00. The quantitative estimate of drug-likeness (QED) is 0.559. The summed E-state index contributed by atoms with van der Waals surface area (Å²) in [5.74, 6) is 1.48. The topological polar surface area (TPSA) is 66.7 Å². The second kappa shape index (κ2) is 1.90. The zero-order valence-electron chi connectivity index (χ0n) is 5.59. The van der Waals surface area contributed by atoms with E-state index in [1.807, 2.05) is 0 Å². The first-order chi connectivity index (χ1) is 4.84. The fourth-order valence-corrected chi connectivity index (χ4v) is 0.847. The van der Waals surface area contributed by atoms with Crippen LogP contribution in [-0.2, 0) is 0 Å². The second-order valence-corrected chi connectivity index (χ2v) is 2.63. The number of nitrogen functional groups attached to an aromatic ring is 1. The fourth-order valence-electron chi connectivity index (χ4n) is 0.847. The Morgan fingerprint density at radius 3 is 3.00 bits per heavy atom. The summed E-state index contributed by atoms with van der Waals surface area (Å²) in [4.78, 5) is 0. The largest absolute Gasteiger partial charge is 0.384 e. The van der Waals surface area contributed by atoms with Gasteiger partial charge in [-0.1, -0.05) is 0 Å². The van der Waals surface area contributed by atoms with Crippen molar-refractivity contribution in [3.8, 4) is 0 Å². The lowest BCUT2D eigenvalue weighted by Gasteiger charge is -1.94. The molecule has 1 aromatic rings. The molecule has 0 radical (unpaired) electrons. The molecule has 1 aliphatic carbocycles. The van der Waals surface area contributed by atoms with Crippen molar-refractivity contribution in [1.82, 2.24) is 10.2 Å². The van der Waals surface area contributed by atoms with Crippen LogP contribution in [0.25, 0.3) is 0 Å². The molecule has 0 amide bonds. The number of anilines is 2. The Morgan fingerprint density at radius 1 is 1.70 bits per heavy atom. The van der Waals surface area contributed by atoms with E-state index in [0.717, 1.165) is 5.82 Å². The van der Waals surface area contributed by atoms with Gasteiger partial charge in [-0.3, -0.25) is 5.10 Å². The molecule has 54 valence electrons. The van der Waals surface area contributed by atoms with E-state index in [9.17, 15) is 0 Å². The number of H-pyrrole nitrogens is 1. The van der Waals surface area contributed by atoms with Crippen molar-refractivity contribution in [3.05, 3.63) is 6.07 Å². The van der Waals surface area contributed by atoms with E-state index in [2.05, 4.69) is 15.5 Å². The van der Waals surface area contributed by atoms with Crippen molar-refractivity contribution < 1.29 is 0 Å². The van der Waals surface area contributed by atoms with E-state index in [4.69, 9.17) is 5.73 Å². The van der Waals surface area contributed by atoms with Crippen LogP contribution in [0.15, 0.2) is 6.07 Å². The average Bonchev–Trinajstić information content (AvgIpc) is 2.59. The third-order valence-corrected chi connectivity index (χ3v) is 1.53. The van der Waals surface area contributed by atoms with Crippen LogP contribution in [0.1, 0.15) is 12.8 Å². The van der Waals surface area contributed by atoms with Gasteiger partial charge in [-0.15, -0.1) is 0 Å². The first-order valence-electron chi connectivity index (χ1n) is 3.42. The molecule has 0 aliphatic heterocycles. The molecule has 10 heavy (non-hydrogen) atoms. The van der Waals surface area contributed by atoms with Gasteiger partial charge in [0.1, 0.15) is 11.6 Å². The molecule has 2 rings (SSSR count). The number of aromatic nitrogens is 2. The van der Waals surface area contributed by atoms with Gasteiger partial charge >= 0.3 is 0 Å². The molecule has 4 nitrogen and oxygen atoms in total. The molecule has 1 aromatic heterocycles. The van der Waals surface area contributed by atoms with Crippen LogP contribution in [0, 0.1) is 0 Å². The van der Waals surface area contributed by atoms with E-state index in [-0.39, 0.29) is 0 Å². The number of rotatable bonds is 2. The van der Waals surface area contributed by atoms with E-state index in [1.165, 1.54) is 12.8 Å². The van der Waals surface area contributed by atoms with Crippen LogP contribution in [0.2, 0.25) is 0 Å². The van der Waals surface area contributed by atoms with Gasteiger partial charge in [-0.2, -0.15) is 5.10 Å². The predicted octanol–water partition coefficient (Wildman–Crippen LogP) is 0.566. The van der Waals surface area contributed by atoms with Gasteiger partial charge in [-0.05, 0) is 12.8 Å². The number of nitrogens with zero attached hydrogens (tertiary/aromatic N) is 1. The van der Waals surface area contributed by atoms with Gasteiger partial charge < -0.3 is 11.1 Å². The number of nitrogens with one attached hydrogen (secondary N) is 2. The van der Waals surface area contributed by atoms with Crippen molar-refractivity contribution >= 4 is 11.6 Å². The number of hydrogen-bond acceptors (Lipinski definition) is 3. The summed E-state index contributed by atoms with van der Waals surface area (Å²) in [7, 11) is 0. The Morgan fingerprint density at radius 2 is 2.50 bits per heavy atom. The van der Waals surface area contributed by atoms with Crippen molar-refractivity contribution in [2.45, 2.75) is 18.9 Å². The van der Waals surface area contributed by atoms with Crippen molar-refractivity contribution in [2.75, 3.05) is 11.1 Å². The third-order valence-electron chi connectivity index (χ3n) is 1.53. The SMILES string of the molecule is Nc1cc(NC2CC2)n[nH]1. The van der Waals surface area contributed by atoms with Crippen LogP contribution in [0.5, 0.6) is 0 Å². The molecule has 1 heterocycles. The molecule has 0 saturated heterocycles. The van der Waals surface area contributed by atoms with Crippen LogP contribution in [-0.4, -0.2) is 16.2 Å². The molecule has 0 spiro atoms. The molecule has 0 unspecified atom stereocenters. The molecule has 0 aromatic carbocycles. The highest BCUT2D eigenvalue weighted by Gasteiger charge is 2.21. The maximum absolute atomic E-state index is 5.42. The minimum absolute atomic E-state index is 0.614.